The summed E-state index contributed by atoms with van der Waals surface area (Å²) in [5, 5.41) is 9.78. The molecule has 0 radical (unpaired) electrons. The molecule has 1 saturated carbocycles. The molecule has 154 valence electrons. The number of aromatic nitrogens is 2. The second kappa shape index (κ2) is 7.83. The molecule has 8 heteroatoms. The van der Waals surface area contributed by atoms with Gasteiger partial charge in [0, 0.05) is 56.4 Å². The van der Waals surface area contributed by atoms with Crippen LogP contribution >= 0.6 is 0 Å². The Morgan fingerprint density at radius 3 is 2.93 bits per heavy atom. The average molecular weight is 389 g/mol. The zero-order chi connectivity index (χ0) is 19.8. The van der Waals surface area contributed by atoms with Crippen LogP contribution in [0.5, 0.6) is 0 Å². The molecule has 4 atom stereocenters. The lowest BCUT2D eigenvalue weighted by Gasteiger charge is -2.50. The van der Waals surface area contributed by atoms with Gasteiger partial charge in [-0.3, -0.25) is 19.7 Å². The average Bonchev–Trinajstić information content (AvgIpc) is 3.31. The summed E-state index contributed by atoms with van der Waals surface area (Å²) < 4.78 is 1.95. The summed E-state index contributed by atoms with van der Waals surface area (Å²) in [5.41, 5.74) is 5.44. The van der Waals surface area contributed by atoms with Crippen molar-refractivity contribution in [1.29, 1.82) is 0 Å². The van der Waals surface area contributed by atoms with Gasteiger partial charge in [-0.1, -0.05) is 6.92 Å². The van der Waals surface area contributed by atoms with Crippen molar-refractivity contribution < 1.29 is 9.59 Å². The fourth-order valence-corrected chi connectivity index (χ4v) is 5.08. The lowest BCUT2D eigenvalue weighted by Crippen LogP contribution is -2.67. The van der Waals surface area contributed by atoms with Crippen LogP contribution in [0.15, 0.2) is 6.20 Å². The van der Waals surface area contributed by atoms with Crippen LogP contribution < -0.4 is 10.7 Å². The van der Waals surface area contributed by atoms with Crippen LogP contribution in [0.3, 0.4) is 0 Å². The summed E-state index contributed by atoms with van der Waals surface area (Å²) in [4.78, 5) is 27.4. The fraction of sp³-hybridized carbons (Fsp3) is 0.750. The molecule has 1 aliphatic carbocycles. The van der Waals surface area contributed by atoms with Gasteiger partial charge in [-0.05, 0) is 39.0 Å². The van der Waals surface area contributed by atoms with Crippen molar-refractivity contribution in [3.05, 3.63) is 17.5 Å². The standard InChI is InChI=1S/C20H32N6O2/c1-4-9-25-12-15(13(2)23-25)11-21-19(27)14-5-6-16-18(10-14)24(3)20(28)17-7-8-22-26(16)17/h12,14,16-18,22H,4-11H2,1-3H3,(H,21,27). The molecule has 1 aromatic rings. The molecule has 4 unspecified atom stereocenters. The first-order valence-corrected chi connectivity index (χ1v) is 10.6. The van der Waals surface area contributed by atoms with Gasteiger partial charge in [0.05, 0.1) is 5.69 Å². The molecule has 3 heterocycles. The number of carbonyl (C=O) groups excluding carboxylic acids is 2. The third-order valence-electron chi connectivity index (χ3n) is 6.64. The zero-order valence-electron chi connectivity index (χ0n) is 17.1. The molecule has 0 spiro atoms. The van der Waals surface area contributed by atoms with E-state index >= 15 is 0 Å². The van der Waals surface area contributed by atoms with E-state index in [4.69, 9.17) is 0 Å². The molecular weight excluding hydrogens is 356 g/mol. The molecule has 2 aliphatic heterocycles. The molecular formula is C20H32N6O2. The number of piperazine rings is 1. The normalized spacial score (nSPS) is 30.2. The molecule has 0 bridgehead atoms. The van der Waals surface area contributed by atoms with Gasteiger partial charge < -0.3 is 10.2 Å². The lowest BCUT2D eigenvalue weighted by molar-refractivity contribution is -0.153. The molecule has 0 aromatic carbocycles. The minimum Gasteiger partial charge on any atom is -0.352 e. The number of hydrogen-bond acceptors (Lipinski definition) is 5. The van der Waals surface area contributed by atoms with E-state index in [9.17, 15) is 9.59 Å². The van der Waals surface area contributed by atoms with Crippen LogP contribution in [0.2, 0.25) is 0 Å². The third-order valence-corrected chi connectivity index (χ3v) is 6.64. The topological polar surface area (TPSA) is 82.5 Å². The Balaban J connectivity index is 1.37. The Hall–Kier alpha value is -1.93. The number of hydrogen-bond donors (Lipinski definition) is 2. The van der Waals surface area contributed by atoms with E-state index in [1.807, 2.05) is 29.7 Å². The summed E-state index contributed by atoms with van der Waals surface area (Å²) in [6, 6.07) is 0.390. The monoisotopic (exact) mass is 388 g/mol. The van der Waals surface area contributed by atoms with Gasteiger partial charge >= 0.3 is 0 Å². The highest BCUT2D eigenvalue weighted by atomic mass is 16.2. The maximum Gasteiger partial charge on any atom is 0.241 e. The van der Waals surface area contributed by atoms with Crippen molar-refractivity contribution >= 4 is 11.8 Å². The quantitative estimate of drug-likeness (QED) is 0.780. The van der Waals surface area contributed by atoms with E-state index < -0.39 is 0 Å². The number of nitrogens with zero attached hydrogens (tertiary/aromatic N) is 4. The Morgan fingerprint density at radius 1 is 1.32 bits per heavy atom. The summed E-state index contributed by atoms with van der Waals surface area (Å²) in [6.45, 7) is 6.39. The smallest absolute Gasteiger partial charge is 0.241 e. The molecule has 2 saturated heterocycles. The summed E-state index contributed by atoms with van der Waals surface area (Å²) in [7, 11) is 1.90. The number of nitrogens with one attached hydrogen (secondary N) is 2. The first kappa shape index (κ1) is 19.4. The van der Waals surface area contributed by atoms with E-state index in [0.717, 1.165) is 56.5 Å². The second-order valence-corrected chi connectivity index (χ2v) is 8.43. The molecule has 3 fully saturated rings. The number of fused-ring (bicyclic) bond motifs is 3. The van der Waals surface area contributed by atoms with Gasteiger partial charge in [-0.15, -0.1) is 0 Å². The highest BCUT2D eigenvalue weighted by molar-refractivity contribution is 5.84. The fourth-order valence-electron chi connectivity index (χ4n) is 5.08. The Morgan fingerprint density at radius 2 is 2.14 bits per heavy atom. The van der Waals surface area contributed by atoms with Crippen LogP contribution in [0.4, 0.5) is 0 Å². The van der Waals surface area contributed by atoms with Crippen LogP contribution in [-0.4, -0.2) is 63.2 Å². The van der Waals surface area contributed by atoms with Gasteiger partial charge in [0.1, 0.15) is 6.04 Å². The Kier molecular flexibility index (Phi) is 5.42. The highest BCUT2D eigenvalue weighted by Crippen LogP contribution is 2.36. The van der Waals surface area contributed by atoms with Crippen molar-refractivity contribution in [3.8, 4) is 0 Å². The maximum absolute atomic E-state index is 12.8. The number of hydrazine groups is 1. The Labute approximate surface area is 166 Å². The lowest BCUT2D eigenvalue weighted by atomic mass is 9.79. The number of likely N-dealkylation sites (N-methyl/N-ethyl adjacent to an activating group) is 1. The summed E-state index contributed by atoms with van der Waals surface area (Å²) >= 11 is 0. The van der Waals surface area contributed by atoms with Gasteiger partial charge in [-0.2, -0.15) is 5.10 Å². The van der Waals surface area contributed by atoms with E-state index in [1.54, 1.807) is 0 Å². The Bertz CT molecular complexity index is 747. The van der Waals surface area contributed by atoms with Crippen LogP contribution in [0.25, 0.3) is 0 Å². The van der Waals surface area contributed by atoms with E-state index in [-0.39, 0.29) is 29.8 Å². The SMILES string of the molecule is CCCn1cc(CNC(=O)C2CCC3C(C2)N(C)C(=O)C2CCNN23)c(C)n1. The summed E-state index contributed by atoms with van der Waals surface area (Å²) in [6.07, 6.45) is 6.49. The highest BCUT2D eigenvalue weighted by Gasteiger charge is 2.50. The molecule has 28 heavy (non-hydrogen) atoms. The minimum absolute atomic E-state index is 0.0285. The first-order valence-electron chi connectivity index (χ1n) is 10.6. The maximum atomic E-state index is 12.8. The zero-order valence-corrected chi connectivity index (χ0v) is 17.1. The molecule has 3 aliphatic rings. The van der Waals surface area contributed by atoms with Gasteiger partial charge in [0.2, 0.25) is 11.8 Å². The molecule has 2 amide bonds. The number of carbonyl (C=O) groups is 2. The van der Waals surface area contributed by atoms with E-state index in [1.165, 1.54) is 0 Å². The van der Waals surface area contributed by atoms with Gasteiger partial charge in [0.25, 0.3) is 0 Å². The van der Waals surface area contributed by atoms with Crippen molar-refractivity contribution in [1.82, 2.24) is 30.4 Å². The largest absolute Gasteiger partial charge is 0.352 e. The molecule has 2 N–H and O–H groups in total. The van der Waals surface area contributed by atoms with Gasteiger partial charge in [-0.25, -0.2) is 5.01 Å². The number of rotatable bonds is 5. The van der Waals surface area contributed by atoms with Crippen molar-refractivity contribution in [2.75, 3.05) is 13.6 Å². The molecule has 8 nitrogen and oxygen atoms in total. The number of amides is 2. The molecule has 1 aromatic heterocycles. The van der Waals surface area contributed by atoms with Crippen LogP contribution in [-0.2, 0) is 22.7 Å². The number of aryl methyl sites for hydroxylation is 2. The second-order valence-electron chi connectivity index (χ2n) is 8.43. The van der Waals surface area contributed by atoms with Crippen molar-refractivity contribution in [2.45, 2.75) is 77.2 Å². The van der Waals surface area contributed by atoms with Crippen LogP contribution in [0.1, 0.15) is 50.3 Å². The van der Waals surface area contributed by atoms with Crippen LogP contribution in [0, 0.1) is 12.8 Å². The van der Waals surface area contributed by atoms with Gasteiger partial charge in [0.15, 0.2) is 0 Å². The van der Waals surface area contributed by atoms with E-state index in [2.05, 4.69) is 27.8 Å². The predicted molar refractivity (Wildman–Crippen MR) is 105 cm³/mol. The molecule has 4 rings (SSSR count). The third kappa shape index (κ3) is 3.43. The van der Waals surface area contributed by atoms with Crippen molar-refractivity contribution in [3.63, 3.8) is 0 Å². The predicted octanol–water partition coefficient (Wildman–Crippen LogP) is 0.806. The van der Waals surface area contributed by atoms with E-state index in [0.29, 0.717) is 12.6 Å². The minimum atomic E-state index is -0.0401. The summed E-state index contributed by atoms with van der Waals surface area (Å²) in [5.74, 6) is 0.242. The van der Waals surface area contributed by atoms with Crippen molar-refractivity contribution in [2.24, 2.45) is 5.92 Å². The first-order chi connectivity index (χ1) is 13.5.